The molecule has 32 heavy (non-hydrogen) atoms. The first kappa shape index (κ1) is 25.5. The number of aliphatic imine (C=N–C) groups is 1. The van der Waals surface area contributed by atoms with Gasteiger partial charge in [-0.1, -0.05) is 23.8 Å². The minimum atomic E-state index is -0.0433. The average Bonchev–Trinajstić information content (AvgIpc) is 3.25. The molecule has 0 aliphatic carbocycles. The summed E-state index contributed by atoms with van der Waals surface area (Å²) in [5, 5.41) is 6.57. The van der Waals surface area contributed by atoms with Crippen molar-refractivity contribution >= 4 is 29.9 Å². The molecule has 3 aromatic rings. The highest BCUT2D eigenvalue weighted by atomic mass is 127. The monoisotopic (exact) mass is 550 g/mol. The van der Waals surface area contributed by atoms with Crippen molar-refractivity contribution in [2.75, 3.05) is 27.2 Å². The Kier molecular flexibility index (Phi) is 10.3. The zero-order chi connectivity index (χ0) is 22.1. The Labute approximate surface area is 206 Å². The Morgan fingerprint density at radius 2 is 1.88 bits per heavy atom. The van der Waals surface area contributed by atoms with Crippen LogP contribution in [0.4, 0.5) is 0 Å². The van der Waals surface area contributed by atoms with Gasteiger partial charge in [0.25, 0.3) is 0 Å². The van der Waals surface area contributed by atoms with Gasteiger partial charge in [0.05, 0.1) is 19.3 Å². The van der Waals surface area contributed by atoms with E-state index in [1.807, 2.05) is 43.3 Å². The third-order valence-corrected chi connectivity index (χ3v) is 4.68. The van der Waals surface area contributed by atoms with Gasteiger partial charge in [0.1, 0.15) is 23.9 Å². The van der Waals surface area contributed by atoms with Crippen molar-refractivity contribution in [3.05, 3.63) is 66.1 Å². The number of ether oxygens (including phenoxy) is 2. The number of hydrogen-bond donors (Lipinski definition) is 2. The van der Waals surface area contributed by atoms with Gasteiger partial charge in [-0.25, -0.2) is 4.98 Å². The molecule has 0 bridgehead atoms. The number of methoxy groups -OCH3 is 1. The van der Waals surface area contributed by atoms with E-state index in [0.717, 1.165) is 29.2 Å². The molecule has 7 nitrogen and oxygen atoms in total. The Balaban J connectivity index is 0.00000363. The fourth-order valence-electron chi connectivity index (χ4n) is 2.97. The Morgan fingerprint density at radius 1 is 1.12 bits per heavy atom. The quantitative estimate of drug-likeness (QED) is 0.233. The second-order valence-corrected chi connectivity index (χ2v) is 7.25. The molecule has 0 saturated carbocycles. The molecule has 0 aliphatic rings. The van der Waals surface area contributed by atoms with Crippen molar-refractivity contribution in [1.29, 1.82) is 0 Å². The van der Waals surface area contributed by atoms with Crippen LogP contribution in [0.5, 0.6) is 11.5 Å². The maximum atomic E-state index is 5.93. The summed E-state index contributed by atoms with van der Waals surface area (Å²) in [5.41, 5.74) is 3.09. The molecular formula is C24H31IN4O3. The van der Waals surface area contributed by atoms with Crippen LogP contribution in [-0.4, -0.2) is 44.3 Å². The van der Waals surface area contributed by atoms with Crippen molar-refractivity contribution in [1.82, 2.24) is 15.6 Å². The molecule has 1 unspecified atom stereocenters. The van der Waals surface area contributed by atoms with Crippen LogP contribution < -0.4 is 20.1 Å². The minimum absolute atomic E-state index is 0. The number of benzene rings is 2. The molecule has 1 atom stereocenters. The number of rotatable bonds is 9. The van der Waals surface area contributed by atoms with Crippen LogP contribution in [0, 0.1) is 6.92 Å². The molecule has 0 fully saturated rings. The van der Waals surface area contributed by atoms with Crippen LogP contribution in [0.3, 0.4) is 0 Å². The number of guanidine groups is 1. The van der Waals surface area contributed by atoms with Crippen molar-refractivity contribution in [2.45, 2.75) is 26.4 Å². The summed E-state index contributed by atoms with van der Waals surface area (Å²) in [6, 6.07) is 15.7. The smallest absolute Gasteiger partial charge is 0.226 e. The van der Waals surface area contributed by atoms with E-state index in [4.69, 9.17) is 13.9 Å². The van der Waals surface area contributed by atoms with Crippen LogP contribution in [0.2, 0.25) is 0 Å². The van der Waals surface area contributed by atoms with E-state index in [1.165, 1.54) is 5.56 Å². The van der Waals surface area contributed by atoms with Crippen molar-refractivity contribution in [3.63, 3.8) is 0 Å². The summed E-state index contributed by atoms with van der Waals surface area (Å²) >= 11 is 0. The highest BCUT2D eigenvalue weighted by Gasteiger charge is 2.09. The average molecular weight is 550 g/mol. The molecule has 0 aliphatic heterocycles. The molecule has 0 amide bonds. The molecule has 172 valence electrons. The van der Waals surface area contributed by atoms with Crippen LogP contribution in [0.25, 0.3) is 11.5 Å². The van der Waals surface area contributed by atoms with Crippen LogP contribution in [-0.2, 0) is 6.42 Å². The first-order chi connectivity index (χ1) is 15.1. The zero-order valence-corrected chi connectivity index (χ0v) is 21.3. The maximum Gasteiger partial charge on any atom is 0.226 e. The fraction of sp³-hybridized carbons (Fsp3) is 0.333. The summed E-state index contributed by atoms with van der Waals surface area (Å²) in [7, 11) is 3.39. The molecule has 3 rings (SSSR count). The number of halogens is 1. The first-order valence-corrected chi connectivity index (χ1v) is 10.3. The van der Waals surface area contributed by atoms with E-state index >= 15 is 0 Å². The van der Waals surface area contributed by atoms with Gasteiger partial charge < -0.3 is 24.5 Å². The number of aromatic nitrogens is 1. The molecule has 2 aromatic carbocycles. The van der Waals surface area contributed by atoms with E-state index in [1.54, 1.807) is 20.4 Å². The number of oxazole rings is 1. The lowest BCUT2D eigenvalue weighted by Crippen LogP contribution is -2.42. The van der Waals surface area contributed by atoms with Gasteiger partial charge in [0.15, 0.2) is 5.96 Å². The van der Waals surface area contributed by atoms with Gasteiger partial charge in [0.2, 0.25) is 5.89 Å². The van der Waals surface area contributed by atoms with Gasteiger partial charge in [-0.05, 0) is 38.1 Å². The van der Waals surface area contributed by atoms with Crippen LogP contribution in [0.1, 0.15) is 18.2 Å². The van der Waals surface area contributed by atoms with Gasteiger partial charge >= 0.3 is 0 Å². The van der Waals surface area contributed by atoms with E-state index < -0.39 is 0 Å². The largest absolute Gasteiger partial charge is 0.497 e. The number of aryl methyl sites for hydroxylation is 1. The molecule has 0 spiro atoms. The zero-order valence-electron chi connectivity index (χ0n) is 18.9. The van der Waals surface area contributed by atoms with Gasteiger partial charge in [-0.3, -0.25) is 4.99 Å². The van der Waals surface area contributed by atoms with Gasteiger partial charge in [0, 0.05) is 31.6 Å². The lowest BCUT2D eigenvalue weighted by Gasteiger charge is -2.18. The topological polar surface area (TPSA) is 80.9 Å². The van der Waals surface area contributed by atoms with Gasteiger partial charge in [-0.2, -0.15) is 0 Å². The lowest BCUT2D eigenvalue weighted by atomic mass is 10.1. The summed E-state index contributed by atoms with van der Waals surface area (Å²) < 4.78 is 16.8. The SMILES string of the molecule is CN=C(NCCc1coc(-c2ccc(C)cc2)n1)NCC(C)Oc1cccc(OC)c1.I. The van der Waals surface area contributed by atoms with Gasteiger partial charge in [-0.15, -0.1) is 24.0 Å². The second kappa shape index (κ2) is 12.9. The van der Waals surface area contributed by atoms with Crippen LogP contribution in [0.15, 0.2) is 64.2 Å². The third-order valence-electron chi connectivity index (χ3n) is 4.68. The third kappa shape index (κ3) is 7.74. The molecular weight excluding hydrogens is 519 g/mol. The Morgan fingerprint density at radius 3 is 2.59 bits per heavy atom. The predicted molar refractivity (Wildman–Crippen MR) is 138 cm³/mol. The summed E-state index contributed by atoms with van der Waals surface area (Å²) in [4.78, 5) is 8.83. The van der Waals surface area contributed by atoms with E-state index in [9.17, 15) is 0 Å². The lowest BCUT2D eigenvalue weighted by molar-refractivity contribution is 0.223. The van der Waals surface area contributed by atoms with E-state index in [0.29, 0.717) is 24.9 Å². The highest BCUT2D eigenvalue weighted by Crippen LogP contribution is 2.20. The molecule has 2 N–H and O–H groups in total. The number of nitrogens with zero attached hydrogens (tertiary/aromatic N) is 2. The summed E-state index contributed by atoms with van der Waals surface area (Å²) in [6.45, 7) is 5.36. The standard InChI is InChI=1S/C24H30N4O3.HI/c1-17-8-10-19(11-9-17)23-28-20(16-30-23)12-13-26-24(25-3)27-15-18(2)31-22-7-5-6-21(14-22)29-4;/h5-11,14,16,18H,12-13,15H2,1-4H3,(H2,25,26,27);1H. The number of hydrogen-bond acceptors (Lipinski definition) is 5. The first-order valence-electron chi connectivity index (χ1n) is 10.3. The maximum absolute atomic E-state index is 5.93. The normalized spacial score (nSPS) is 11.9. The Hall–Kier alpha value is -2.75. The van der Waals surface area contributed by atoms with Crippen molar-refractivity contribution in [3.8, 4) is 23.0 Å². The van der Waals surface area contributed by atoms with Crippen LogP contribution >= 0.6 is 24.0 Å². The summed E-state index contributed by atoms with van der Waals surface area (Å²) in [6.07, 6.45) is 2.39. The predicted octanol–water partition coefficient (Wildman–Crippen LogP) is 4.45. The van der Waals surface area contributed by atoms with E-state index in [-0.39, 0.29) is 30.1 Å². The second-order valence-electron chi connectivity index (χ2n) is 7.25. The Bertz CT molecular complexity index is 989. The molecule has 1 heterocycles. The molecule has 0 radical (unpaired) electrons. The fourth-order valence-corrected chi connectivity index (χ4v) is 2.97. The molecule has 8 heteroatoms. The summed E-state index contributed by atoms with van der Waals surface area (Å²) in [5.74, 6) is 2.89. The highest BCUT2D eigenvalue weighted by molar-refractivity contribution is 14.0. The van der Waals surface area contributed by atoms with E-state index in [2.05, 4.69) is 39.7 Å². The van der Waals surface area contributed by atoms with Crippen molar-refractivity contribution < 1.29 is 13.9 Å². The molecule has 0 saturated heterocycles. The molecule has 1 aromatic heterocycles. The van der Waals surface area contributed by atoms with Crippen molar-refractivity contribution in [2.24, 2.45) is 4.99 Å². The minimum Gasteiger partial charge on any atom is -0.497 e. The number of nitrogens with one attached hydrogen (secondary N) is 2.